The van der Waals surface area contributed by atoms with Gasteiger partial charge in [-0.15, -0.1) is 0 Å². The molecule has 0 unspecified atom stereocenters. The highest BCUT2D eigenvalue weighted by Crippen LogP contribution is 2.29. The number of aromatic nitrogens is 1. The van der Waals surface area contributed by atoms with Crippen molar-refractivity contribution in [3.63, 3.8) is 0 Å². The zero-order valence-electron chi connectivity index (χ0n) is 18.4. The minimum absolute atomic E-state index is 0.0924. The van der Waals surface area contributed by atoms with Crippen LogP contribution in [-0.4, -0.2) is 53.9 Å². The molecule has 0 saturated carbocycles. The molecule has 29 heavy (non-hydrogen) atoms. The number of hydrogen-bond donors (Lipinski definition) is 1. The smallest absolute Gasteiger partial charge is 0.410 e. The predicted octanol–water partition coefficient (Wildman–Crippen LogP) is 4.41. The van der Waals surface area contributed by atoms with E-state index in [4.69, 9.17) is 9.47 Å². The maximum Gasteiger partial charge on any atom is 0.410 e. The van der Waals surface area contributed by atoms with E-state index in [1.54, 1.807) is 52.5 Å². The lowest BCUT2D eigenvalue weighted by atomic mass is 10.2. The van der Waals surface area contributed by atoms with Gasteiger partial charge >= 0.3 is 6.09 Å². The third-order valence-corrected chi connectivity index (χ3v) is 6.23. The van der Waals surface area contributed by atoms with Gasteiger partial charge in [0.25, 0.3) is 0 Å². The number of halogens is 1. The van der Waals surface area contributed by atoms with Gasteiger partial charge in [0, 0.05) is 16.7 Å². The second-order valence-corrected chi connectivity index (χ2v) is 12.2. The van der Waals surface area contributed by atoms with Gasteiger partial charge in [0.15, 0.2) is 0 Å². The zero-order chi connectivity index (χ0) is 22.6. The molecule has 0 aromatic carbocycles. The Labute approximate surface area is 182 Å². The molecule has 8 nitrogen and oxygen atoms in total. The van der Waals surface area contributed by atoms with E-state index in [1.807, 2.05) is 13.8 Å². The number of carbonyl (C=O) groups is 1. The maximum atomic E-state index is 12.5. The van der Waals surface area contributed by atoms with E-state index in [-0.39, 0.29) is 30.8 Å². The second-order valence-electron chi connectivity index (χ2n) is 8.84. The molecule has 1 rings (SSSR count). The zero-order valence-corrected chi connectivity index (χ0v) is 20.8. The number of carbonyl (C=O) groups excluding carboxylic acids is 1. The molecule has 1 amide bonds. The van der Waals surface area contributed by atoms with E-state index in [9.17, 15) is 13.2 Å². The van der Waals surface area contributed by atoms with E-state index < -0.39 is 26.5 Å². The summed E-state index contributed by atoms with van der Waals surface area (Å²) in [6.45, 7) is 14.4. The molecular formula is C19H32BrN3O5S. The van der Waals surface area contributed by atoms with Gasteiger partial charge in [-0.2, -0.15) is 0 Å². The van der Waals surface area contributed by atoms with Crippen molar-refractivity contribution in [3.8, 4) is 5.88 Å². The van der Waals surface area contributed by atoms with Gasteiger partial charge < -0.3 is 14.4 Å². The summed E-state index contributed by atoms with van der Waals surface area (Å²) < 4.78 is 38.3. The lowest BCUT2D eigenvalue weighted by molar-refractivity contribution is 0.0163. The van der Waals surface area contributed by atoms with Gasteiger partial charge in [0.05, 0.1) is 11.3 Å². The summed E-state index contributed by atoms with van der Waals surface area (Å²) in [6, 6.07) is 1.49. The van der Waals surface area contributed by atoms with Gasteiger partial charge in [0.2, 0.25) is 15.9 Å². The van der Waals surface area contributed by atoms with Crippen molar-refractivity contribution >= 4 is 37.7 Å². The van der Waals surface area contributed by atoms with Crippen molar-refractivity contribution in [1.82, 2.24) is 9.88 Å². The third kappa shape index (κ3) is 8.00. The first-order chi connectivity index (χ1) is 13.0. The van der Waals surface area contributed by atoms with Gasteiger partial charge in [-0.3, -0.25) is 4.72 Å². The molecule has 0 spiro atoms. The number of rotatable bonds is 7. The summed E-state index contributed by atoms with van der Waals surface area (Å²) in [7, 11) is -3.65. The number of nitrogens with zero attached hydrogens (tertiary/aromatic N) is 2. The van der Waals surface area contributed by atoms with Gasteiger partial charge in [-0.25, -0.2) is 18.2 Å². The van der Waals surface area contributed by atoms with Crippen LogP contribution in [0.25, 0.3) is 0 Å². The summed E-state index contributed by atoms with van der Waals surface area (Å²) in [5, 5.41) is 0. The molecule has 1 N–H and O–H groups in total. The second kappa shape index (κ2) is 9.51. The first-order valence-electron chi connectivity index (χ1n) is 9.34. The average molecular weight is 494 g/mol. The van der Waals surface area contributed by atoms with Gasteiger partial charge in [-0.05, 0) is 77.4 Å². The van der Waals surface area contributed by atoms with Crippen LogP contribution in [0.15, 0.2) is 16.7 Å². The van der Waals surface area contributed by atoms with Gasteiger partial charge in [-0.1, -0.05) is 0 Å². The molecule has 1 aromatic rings. The Hall–Kier alpha value is -1.55. The summed E-state index contributed by atoms with van der Waals surface area (Å²) >= 11 is 3.29. The fraction of sp³-hybridized carbons (Fsp3) is 0.684. The third-order valence-electron chi connectivity index (χ3n) is 3.69. The SMILES string of the molecule is CC(C)N(CCOc1ncc(Br)cc1NS(=O)(=O)C(C)(C)C)C(=O)OC(C)(C)C. The Balaban J connectivity index is 2.92. The summed E-state index contributed by atoms with van der Waals surface area (Å²) in [4.78, 5) is 18.1. The summed E-state index contributed by atoms with van der Waals surface area (Å²) in [6.07, 6.45) is 1.08. The minimum atomic E-state index is -3.65. The molecule has 0 aliphatic carbocycles. The average Bonchev–Trinajstić information content (AvgIpc) is 2.49. The van der Waals surface area contributed by atoms with Crippen molar-refractivity contribution in [1.29, 1.82) is 0 Å². The molecule has 0 aliphatic rings. The Morgan fingerprint density at radius 3 is 2.31 bits per heavy atom. The highest BCUT2D eigenvalue weighted by atomic mass is 79.9. The van der Waals surface area contributed by atoms with Crippen molar-refractivity contribution in [2.24, 2.45) is 0 Å². The molecule has 0 radical (unpaired) electrons. The molecule has 0 aliphatic heterocycles. The lowest BCUT2D eigenvalue weighted by Crippen LogP contribution is -2.43. The van der Waals surface area contributed by atoms with Crippen LogP contribution in [0.3, 0.4) is 0 Å². The van der Waals surface area contributed by atoms with Crippen LogP contribution in [0, 0.1) is 0 Å². The number of amides is 1. The van der Waals surface area contributed by atoms with E-state index in [2.05, 4.69) is 25.6 Å². The van der Waals surface area contributed by atoms with Crippen LogP contribution >= 0.6 is 15.9 Å². The molecule has 0 fully saturated rings. The number of hydrogen-bond acceptors (Lipinski definition) is 6. The van der Waals surface area contributed by atoms with E-state index in [0.717, 1.165) is 0 Å². The molecular weight excluding hydrogens is 462 g/mol. The molecule has 1 heterocycles. The van der Waals surface area contributed by atoms with Crippen molar-refractivity contribution < 1.29 is 22.7 Å². The quantitative estimate of drug-likeness (QED) is 0.603. The fourth-order valence-electron chi connectivity index (χ4n) is 2.03. The largest absolute Gasteiger partial charge is 0.474 e. The molecule has 166 valence electrons. The first-order valence-corrected chi connectivity index (χ1v) is 11.6. The first kappa shape index (κ1) is 25.5. The lowest BCUT2D eigenvalue weighted by Gasteiger charge is -2.30. The van der Waals surface area contributed by atoms with Crippen molar-refractivity contribution in [3.05, 3.63) is 16.7 Å². The number of sulfonamides is 1. The van der Waals surface area contributed by atoms with Crippen molar-refractivity contribution in [2.45, 2.75) is 71.8 Å². The van der Waals surface area contributed by atoms with E-state index >= 15 is 0 Å². The Kier molecular flexibility index (Phi) is 8.36. The summed E-state index contributed by atoms with van der Waals surface area (Å²) in [5.41, 5.74) is -0.376. The standard InChI is InChI=1S/C19H32BrN3O5S/c1-13(2)23(17(24)28-18(3,4)5)9-10-27-16-15(11-14(20)12-21-16)22-29(25,26)19(6,7)8/h11-13,22H,9-10H2,1-8H3. The molecule has 10 heteroatoms. The van der Waals surface area contributed by atoms with Crippen LogP contribution in [-0.2, 0) is 14.8 Å². The van der Waals surface area contributed by atoms with Crippen molar-refractivity contribution in [2.75, 3.05) is 17.9 Å². The highest BCUT2D eigenvalue weighted by Gasteiger charge is 2.30. The van der Waals surface area contributed by atoms with Crippen LogP contribution in [0.5, 0.6) is 5.88 Å². The van der Waals surface area contributed by atoms with Crippen LogP contribution in [0.2, 0.25) is 0 Å². The molecule has 1 aromatic heterocycles. The van der Waals surface area contributed by atoms with E-state index in [1.165, 1.54) is 6.20 Å². The fourth-order valence-corrected chi connectivity index (χ4v) is 3.11. The number of nitrogens with one attached hydrogen (secondary N) is 1. The molecule has 0 saturated heterocycles. The van der Waals surface area contributed by atoms with E-state index in [0.29, 0.717) is 4.47 Å². The molecule has 0 bridgehead atoms. The Morgan fingerprint density at radius 1 is 1.24 bits per heavy atom. The monoisotopic (exact) mass is 493 g/mol. The van der Waals surface area contributed by atoms with Crippen LogP contribution in [0.1, 0.15) is 55.4 Å². The number of ether oxygens (including phenoxy) is 2. The number of anilines is 1. The normalized spacial score (nSPS) is 12.6. The highest BCUT2D eigenvalue weighted by molar-refractivity contribution is 9.10. The predicted molar refractivity (Wildman–Crippen MR) is 118 cm³/mol. The Bertz CT molecular complexity index is 814. The van der Waals surface area contributed by atoms with Crippen LogP contribution < -0.4 is 9.46 Å². The van der Waals surface area contributed by atoms with Crippen LogP contribution in [0.4, 0.5) is 10.5 Å². The number of pyridine rings is 1. The topological polar surface area (TPSA) is 97.8 Å². The minimum Gasteiger partial charge on any atom is -0.474 e. The summed E-state index contributed by atoms with van der Waals surface area (Å²) in [5.74, 6) is 0.133. The Morgan fingerprint density at radius 2 is 1.83 bits per heavy atom. The van der Waals surface area contributed by atoms with Gasteiger partial charge in [0.1, 0.15) is 17.9 Å². The molecule has 0 atom stereocenters. The maximum absolute atomic E-state index is 12.5.